The molecule has 1 saturated heterocycles. The monoisotopic (exact) mass is 313 g/mol. The molecule has 0 amide bonds. The average molecular weight is 313 g/mol. The van der Waals surface area contributed by atoms with Crippen LogP contribution < -0.4 is 0 Å². The molecule has 2 aromatic rings. The van der Waals surface area contributed by atoms with E-state index < -0.39 is 0 Å². The van der Waals surface area contributed by atoms with E-state index in [2.05, 4.69) is 34.0 Å². The van der Waals surface area contributed by atoms with Crippen molar-refractivity contribution in [3.8, 4) is 0 Å². The number of likely N-dealkylation sites (tertiary alicyclic amines) is 1. The quantitative estimate of drug-likeness (QED) is 0.841. The molecule has 0 bridgehead atoms. The number of aromatic nitrogens is 1. The molecule has 2 aliphatic rings. The van der Waals surface area contributed by atoms with Crippen molar-refractivity contribution in [2.45, 2.75) is 31.5 Å². The number of nitrogens with zero attached hydrogens (tertiary/aromatic N) is 2. The van der Waals surface area contributed by atoms with Gasteiger partial charge in [-0.2, -0.15) is 0 Å². The number of nitrogens with one attached hydrogen (secondary N) is 1. The highest BCUT2D eigenvalue weighted by molar-refractivity contribution is 5.91. The Kier molecular flexibility index (Phi) is 3.71. The SMILES string of the molecule is CN1CCC(O)C1CN1CCc2c(ccc3[nH]c(C=O)cc23)C1. The highest BCUT2D eigenvalue weighted by Crippen LogP contribution is 2.29. The van der Waals surface area contributed by atoms with Gasteiger partial charge in [-0.25, -0.2) is 0 Å². The molecule has 0 aliphatic carbocycles. The molecule has 122 valence electrons. The van der Waals surface area contributed by atoms with Crippen LogP contribution in [0.4, 0.5) is 0 Å². The maximum atomic E-state index is 11.0. The van der Waals surface area contributed by atoms with Gasteiger partial charge in [-0.1, -0.05) is 6.07 Å². The molecular formula is C18H23N3O2. The third-order valence-electron chi connectivity index (χ3n) is 5.47. The number of hydrogen-bond donors (Lipinski definition) is 2. The second kappa shape index (κ2) is 5.74. The lowest BCUT2D eigenvalue weighted by atomic mass is 9.95. The van der Waals surface area contributed by atoms with Crippen LogP contribution in [0.1, 0.15) is 28.0 Å². The van der Waals surface area contributed by atoms with Crippen LogP contribution in [0.3, 0.4) is 0 Å². The van der Waals surface area contributed by atoms with Crippen molar-refractivity contribution in [1.29, 1.82) is 0 Å². The van der Waals surface area contributed by atoms with Crippen LogP contribution in [0.5, 0.6) is 0 Å². The summed E-state index contributed by atoms with van der Waals surface area (Å²) in [6.45, 7) is 3.82. The Bertz CT molecular complexity index is 729. The zero-order valence-electron chi connectivity index (χ0n) is 13.5. The number of H-pyrrole nitrogens is 1. The summed E-state index contributed by atoms with van der Waals surface area (Å²) < 4.78 is 0. The third-order valence-corrected chi connectivity index (χ3v) is 5.47. The Morgan fingerprint density at radius 2 is 2.26 bits per heavy atom. The van der Waals surface area contributed by atoms with Crippen LogP contribution in [0.2, 0.25) is 0 Å². The first-order valence-corrected chi connectivity index (χ1v) is 8.35. The van der Waals surface area contributed by atoms with Crippen LogP contribution in [0, 0.1) is 0 Å². The summed E-state index contributed by atoms with van der Waals surface area (Å²) in [5.41, 5.74) is 4.40. The van der Waals surface area contributed by atoms with E-state index in [1.807, 2.05) is 6.07 Å². The number of likely N-dealkylation sites (N-methyl/N-ethyl adjacent to an activating group) is 1. The first kappa shape index (κ1) is 14.9. The Labute approximate surface area is 135 Å². The van der Waals surface area contributed by atoms with Gasteiger partial charge in [0.25, 0.3) is 0 Å². The summed E-state index contributed by atoms with van der Waals surface area (Å²) >= 11 is 0. The molecular weight excluding hydrogens is 290 g/mol. The predicted octanol–water partition coefficient (Wildman–Crippen LogP) is 1.40. The van der Waals surface area contributed by atoms with E-state index >= 15 is 0 Å². The van der Waals surface area contributed by atoms with E-state index in [4.69, 9.17) is 0 Å². The topological polar surface area (TPSA) is 59.6 Å². The van der Waals surface area contributed by atoms with E-state index in [9.17, 15) is 9.90 Å². The number of aldehydes is 1. The third kappa shape index (κ3) is 2.59. The van der Waals surface area contributed by atoms with Crippen LogP contribution in [0.25, 0.3) is 10.9 Å². The summed E-state index contributed by atoms with van der Waals surface area (Å²) in [5, 5.41) is 11.3. The van der Waals surface area contributed by atoms with Gasteiger partial charge in [0.1, 0.15) is 0 Å². The molecule has 23 heavy (non-hydrogen) atoms. The molecule has 0 spiro atoms. The molecule has 1 aromatic heterocycles. The number of aliphatic hydroxyl groups excluding tert-OH is 1. The fraction of sp³-hybridized carbons (Fsp3) is 0.500. The molecule has 1 aromatic carbocycles. The zero-order valence-corrected chi connectivity index (χ0v) is 13.5. The van der Waals surface area contributed by atoms with Gasteiger partial charge in [-0.15, -0.1) is 0 Å². The standard InChI is InChI=1S/C18H23N3O2/c1-20-6-5-18(23)17(20)10-21-7-4-14-12(9-21)2-3-16-15(14)8-13(11-22)19-16/h2-3,8,11,17-19,23H,4-7,9-10H2,1H3. The van der Waals surface area contributed by atoms with Crippen molar-refractivity contribution in [2.24, 2.45) is 0 Å². The Morgan fingerprint density at radius 3 is 3.00 bits per heavy atom. The number of carbonyl (C=O) groups is 1. The van der Waals surface area contributed by atoms with Crippen molar-refractivity contribution in [3.63, 3.8) is 0 Å². The lowest BCUT2D eigenvalue weighted by Crippen LogP contribution is -2.45. The maximum Gasteiger partial charge on any atom is 0.166 e. The van der Waals surface area contributed by atoms with E-state index in [0.717, 1.165) is 50.8 Å². The number of carbonyl (C=O) groups excluding carboxylic acids is 1. The summed E-state index contributed by atoms with van der Waals surface area (Å²) in [6, 6.07) is 6.45. The number of hydrogen-bond acceptors (Lipinski definition) is 4. The Hall–Kier alpha value is -1.69. The second-order valence-corrected chi connectivity index (χ2v) is 6.90. The van der Waals surface area contributed by atoms with Gasteiger partial charge >= 0.3 is 0 Å². The number of aliphatic hydroxyl groups is 1. The number of benzene rings is 1. The van der Waals surface area contributed by atoms with E-state index in [1.165, 1.54) is 16.5 Å². The van der Waals surface area contributed by atoms with Gasteiger partial charge in [0, 0.05) is 43.1 Å². The van der Waals surface area contributed by atoms with Crippen LogP contribution in [0.15, 0.2) is 18.2 Å². The van der Waals surface area contributed by atoms with Crippen LogP contribution in [-0.2, 0) is 13.0 Å². The van der Waals surface area contributed by atoms with Gasteiger partial charge < -0.3 is 10.1 Å². The van der Waals surface area contributed by atoms with Gasteiger partial charge in [0.05, 0.1) is 11.8 Å². The lowest BCUT2D eigenvalue weighted by molar-refractivity contribution is 0.0896. The summed E-state index contributed by atoms with van der Waals surface area (Å²) in [7, 11) is 2.10. The van der Waals surface area contributed by atoms with Crippen LogP contribution >= 0.6 is 0 Å². The predicted molar refractivity (Wildman–Crippen MR) is 89.7 cm³/mol. The van der Waals surface area contributed by atoms with Crippen molar-refractivity contribution in [2.75, 3.05) is 26.7 Å². The van der Waals surface area contributed by atoms with Gasteiger partial charge in [-0.3, -0.25) is 14.6 Å². The molecule has 0 radical (unpaired) electrons. The lowest BCUT2D eigenvalue weighted by Gasteiger charge is -2.34. The number of fused-ring (bicyclic) bond motifs is 3. The first-order chi connectivity index (χ1) is 11.2. The van der Waals surface area contributed by atoms with Gasteiger partial charge in [-0.05, 0) is 43.1 Å². The van der Waals surface area contributed by atoms with Gasteiger partial charge in [0.2, 0.25) is 0 Å². The zero-order chi connectivity index (χ0) is 16.0. The van der Waals surface area contributed by atoms with E-state index in [-0.39, 0.29) is 12.1 Å². The smallest absolute Gasteiger partial charge is 0.166 e. The van der Waals surface area contributed by atoms with Crippen LogP contribution in [-0.4, -0.2) is 65.0 Å². The molecule has 3 heterocycles. The van der Waals surface area contributed by atoms with Crippen molar-refractivity contribution in [3.05, 3.63) is 35.0 Å². The molecule has 1 fully saturated rings. The minimum atomic E-state index is -0.205. The highest BCUT2D eigenvalue weighted by atomic mass is 16.3. The molecule has 5 nitrogen and oxygen atoms in total. The summed E-state index contributed by atoms with van der Waals surface area (Å²) in [5.74, 6) is 0. The largest absolute Gasteiger partial charge is 0.391 e. The van der Waals surface area contributed by atoms with E-state index in [0.29, 0.717) is 5.69 Å². The molecule has 4 rings (SSSR count). The Balaban J connectivity index is 1.56. The number of aromatic amines is 1. The second-order valence-electron chi connectivity index (χ2n) is 6.90. The van der Waals surface area contributed by atoms with Crippen molar-refractivity contribution >= 4 is 17.2 Å². The normalized spacial score (nSPS) is 25.8. The molecule has 2 aliphatic heterocycles. The minimum absolute atomic E-state index is 0.205. The molecule has 2 N–H and O–H groups in total. The highest BCUT2D eigenvalue weighted by Gasteiger charge is 2.32. The van der Waals surface area contributed by atoms with E-state index in [1.54, 1.807) is 0 Å². The Morgan fingerprint density at radius 1 is 1.39 bits per heavy atom. The molecule has 5 heteroatoms. The fourth-order valence-electron chi connectivity index (χ4n) is 4.10. The average Bonchev–Trinajstić information content (AvgIpc) is 3.12. The summed E-state index contributed by atoms with van der Waals surface area (Å²) in [6.07, 6.45) is 2.54. The maximum absolute atomic E-state index is 11.0. The van der Waals surface area contributed by atoms with Crippen molar-refractivity contribution < 1.29 is 9.90 Å². The molecule has 0 saturated carbocycles. The molecule has 2 atom stereocenters. The number of rotatable bonds is 3. The molecule has 2 unspecified atom stereocenters. The first-order valence-electron chi connectivity index (χ1n) is 8.35. The van der Waals surface area contributed by atoms with Crippen molar-refractivity contribution in [1.82, 2.24) is 14.8 Å². The fourth-order valence-corrected chi connectivity index (χ4v) is 4.10. The van der Waals surface area contributed by atoms with Gasteiger partial charge in [0.15, 0.2) is 6.29 Å². The summed E-state index contributed by atoms with van der Waals surface area (Å²) in [4.78, 5) is 18.9. The minimum Gasteiger partial charge on any atom is -0.391 e.